The maximum Gasteiger partial charge on any atom is 0.362 e. The number of rotatable bonds is 20. The Morgan fingerprint density at radius 2 is 1.03 bits per heavy atom. The Morgan fingerprint density at radius 3 is 1.39 bits per heavy atom. The van der Waals surface area contributed by atoms with Crippen molar-refractivity contribution in [1.29, 1.82) is 0 Å². The van der Waals surface area contributed by atoms with Crippen LogP contribution in [0.2, 0.25) is 0 Å². The summed E-state index contributed by atoms with van der Waals surface area (Å²) in [4.78, 5) is 37.1. The molecule has 0 aromatic carbocycles. The van der Waals surface area contributed by atoms with E-state index in [1.165, 1.54) is 6.42 Å². The summed E-state index contributed by atoms with van der Waals surface area (Å²) in [5.41, 5.74) is 0. The van der Waals surface area contributed by atoms with Crippen LogP contribution in [0.15, 0.2) is 0 Å². The molecule has 2 N–H and O–H groups in total. The zero-order chi connectivity index (χ0) is 23.9. The lowest BCUT2D eigenvalue weighted by atomic mass is 9.91. The van der Waals surface area contributed by atoms with Gasteiger partial charge in [0.1, 0.15) is 6.04 Å². The van der Waals surface area contributed by atoms with Crippen molar-refractivity contribution in [3.8, 4) is 0 Å². The first-order valence-electron chi connectivity index (χ1n) is 12.3. The van der Waals surface area contributed by atoms with Crippen LogP contribution >= 0.6 is 0 Å². The molecular formula is C24H45NO6. The first kappa shape index (κ1) is 29.4. The maximum atomic E-state index is 12.4. The SMILES string of the molecule is CCCCCCCCC[N+](C(CCC)C(=O)[O-])(C(CCC)C(=O)O)C(CCC)C(=O)O. The second kappa shape index (κ2) is 16.1. The molecular weight excluding hydrogens is 398 g/mol. The van der Waals surface area contributed by atoms with Crippen molar-refractivity contribution in [2.24, 2.45) is 0 Å². The number of carboxylic acid groups (broad SMARTS) is 3. The molecule has 0 bridgehead atoms. The zero-order valence-electron chi connectivity index (χ0n) is 20.1. The van der Waals surface area contributed by atoms with Gasteiger partial charge in [-0.05, 0) is 25.7 Å². The molecule has 0 aromatic rings. The van der Waals surface area contributed by atoms with Gasteiger partial charge in [-0.3, -0.25) is 4.48 Å². The van der Waals surface area contributed by atoms with Crippen LogP contribution in [0.1, 0.15) is 111 Å². The summed E-state index contributed by atoms with van der Waals surface area (Å²) < 4.78 is -0.433. The number of carbonyl (C=O) groups is 3. The largest absolute Gasteiger partial charge is 0.544 e. The Kier molecular flexibility index (Phi) is 15.2. The third kappa shape index (κ3) is 8.79. The molecule has 0 heterocycles. The van der Waals surface area contributed by atoms with E-state index in [0.29, 0.717) is 25.7 Å². The minimum absolute atomic E-state index is 0.208. The molecule has 0 fully saturated rings. The van der Waals surface area contributed by atoms with E-state index in [2.05, 4.69) is 6.92 Å². The fourth-order valence-corrected chi connectivity index (χ4v) is 4.98. The van der Waals surface area contributed by atoms with Crippen molar-refractivity contribution in [3.63, 3.8) is 0 Å². The first-order valence-corrected chi connectivity index (χ1v) is 12.3. The minimum Gasteiger partial charge on any atom is -0.544 e. The monoisotopic (exact) mass is 443 g/mol. The molecule has 0 amide bonds. The minimum atomic E-state index is -1.34. The van der Waals surface area contributed by atoms with E-state index in [1.807, 2.05) is 20.8 Å². The normalized spacial score (nSPS) is 16.3. The molecule has 0 spiro atoms. The molecule has 0 saturated carbocycles. The predicted molar refractivity (Wildman–Crippen MR) is 119 cm³/mol. The summed E-state index contributed by atoms with van der Waals surface area (Å²) in [5.74, 6) is -3.57. The first-order chi connectivity index (χ1) is 14.7. The molecule has 7 heteroatoms. The van der Waals surface area contributed by atoms with Crippen LogP contribution in [0.25, 0.3) is 0 Å². The molecule has 31 heavy (non-hydrogen) atoms. The molecule has 0 aromatic heterocycles. The molecule has 0 aliphatic heterocycles. The number of hydrogen-bond donors (Lipinski definition) is 2. The Morgan fingerprint density at radius 1 is 0.645 bits per heavy atom. The van der Waals surface area contributed by atoms with Crippen LogP contribution in [0, 0.1) is 0 Å². The predicted octanol–water partition coefficient (Wildman–Crippen LogP) is 3.98. The Bertz CT molecular complexity index is 476. The van der Waals surface area contributed by atoms with E-state index in [-0.39, 0.29) is 25.8 Å². The third-order valence-electron chi connectivity index (χ3n) is 6.42. The highest BCUT2D eigenvalue weighted by Gasteiger charge is 2.54. The van der Waals surface area contributed by atoms with E-state index in [1.54, 1.807) is 0 Å². The number of aliphatic carboxylic acids is 3. The fourth-order valence-electron chi connectivity index (χ4n) is 4.98. The summed E-state index contributed by atoms with van der Waals surface area (Å²) in [5, 5.41) is 32.5. The van der Waals surface area contributed by atoms with Crippen LogP contribution < -0.4 is 5.11 Å². The number of carbonyl (C=O) groups excluding carboxylic acids is 1. The van der Waals surface area contributed by atoms with E-state index in [4.69, 9.17) is 0 Å². The number of carboxylic acids is 3. The van der Waals surface area contributed by atoms with E-state index >= 15 is 0 Å². The highest BCUT2D eigenvalue weighted by molar-refractivity contribution is 5.77. The Hall–Kier alpha value is -1.63. The van der Waals surface area contributed by atoms with Crippen molar-refractivity contribution in [1.82, 2.24) is 0 Å². The second-order valence-electron chi connectivity index (χ2n) is 8.75. The van der Waals surface area contributed by atoms with Gasteiger partial charge in [-0.15, -0.1) is 0 Å². The number of unbranched alkanes of at least 4 members (excludes halogenated alkanes) is 6. The quantitative estimate of drug-likeness (QED) is 0.217. The van der Waals surface area contributed by atoms with E-state index in [0.717, 1.165) is 32.1 Å². The average Bonchev–Trinajstić information content (AvgIpc) is 2.71. The molecule has 0 rings (SSSR count). The third-order valence-corrected chi connectivity index (χ3v) is 6.42. The highest BCUT2D eigenvalue weighted by Crippen LogP contribution is 2.34. The molecule has 7 nitrogen and oxygen atoms in total. The zero-order valence-corrected chi connectivity index (χ0v) is 20.1. The molecule has 3 unspecified atom stereocenters. The van der Waals surface area contributed by atoms with Crippen LogP contribution in [0.4, 0.5) is 0 Å². The van der Waals surface area contributed by atoms with Crippen LogP contribution in [-0.2, 0) is 14.4 Å². The van der Waals surface area contributed by atoms with Gasteiger partial charge in [0.05, 0.1) is 12.5 Å². The number of hydrogen-bond acceptors (Lipinski definition) is 4. The maximum absolute atomic E-state index is 12.4. The second-order valence-corrected chi connectivity index (χ2v) is 8.75. The lowest BCUT2D eigenvalue weighted by molar-refractivity contribution is -0.975. The molecule has 0 aliphatic carbocycles. The molecule has 0 radical (unpaired) electrons. The number of nitrogens with zero attached hydrogens (tertiary/aromatic N) is 1. The summed E-state index contributed by atoms with van der Waals surface area (Å²) in [6.07, 6.45) is 9.30. The van der Waals surface area contributed by atoms with E-state index < -0.39 is 40.5 Å². The number of quaternary nitrogens is 1. The Labute approximate surface area is 188 Å². The van der Waals surface area contributed by atoms with Crippen LogP contribution in [-0.4, -0.2) is 57.3 Å². The summed E-state index contributed by atoms with van der Waals surface area (Å²) >= 11 is 0. The van der Waals surface area contributed by atoms with Crippen LogP contribution in [0.5, 0.6) is 0 Å². The average molecular weight is 444 g/mol. The van der Waals surface area contributed by atoms with Crippen molar-refractivity contribution in [2.45, 2.75) is 129 Å². The van der Waals surface area contributed by atoms with Gasteiger partial charge in [0.15, 0.2) is 12.1 Å². The van der Waals surface area contributed by atoms with Gasteiger partial charge in [-0.25, -0.2) is 9.59 Å². The molecule has 182 valence electrons. The topological polar surface area (TPSA) is 115 Å². The van der Waals surface area contributed by atoms with Gasteiger partial charge in [0.25, 0.3) is 0 Å². The summed E-state index contributed by atoms with van der Waals surface area (Å²) in [7, 11) is 0. The lowest BCUT2D eigenvalue weighted by Gasteiger charge is -2.52. The van der Waals surface area contributed by atoms with Crippen molar-refractivity contribution in [2.75, 3.05) is 6.54 Å². The van der Waals surface area contributed by atoms with Gasteiger partial charge in [0.2, 0.25) is 0 Å². The summed E-state index contributed by atoms with van der Waals surface area (Å²) in [6, 6.07) is -3.30. The molecule has 3 atom stereocenters. The standard InChI is InChI=1S/C24H45NO6/c1-5-9-10-11-12-13-14-18-25(19(15-6-2)22(26)27,20(16-7-3)23(28)29)21(17-8-4)24(30)31/h19-21H,5-18H2,1-4H3,(H2-,26,27,28,29,30,31). The fraction of sp³-hybridized carbons (Fsp3) is 0.875. The van der Waals surface area contributed by atoms with Crippen LogP contribution in [0.3, 0.4) is 0 Å². The van der Waals surface area contributed by atoms with Crippen molar-refractivity contribution < 1.29 is 34.2 Å². The van der Waals surface area contributed by atoms with E-state index in [9.17, 15) is 29.7 Å². The molecule has 0 saturated heterocycles. The lowest BCUT2D eigenvalue weighted by Crippen LogP contribution is -2.74. The smallest absolute Gasteiger partial charge is 0.362 e. The van der Waals surface area contributed by atoms with Gasteiger partial charge >= 0.3 is 11.9 Å². The van der Waals surface area contributed by atoms with Crippen molar-refractivity contribution in [3.05, 3.63) is 0 Å². The van der Waals surface area contributed by atoms with Gasteiger partial charge in [-0.1, -0.05) is 66.2 Å². The highest BCUT2D eigenvalue weighted by atomic mass is 16.4. The Balaban J connectivity index is 6.23. The van der Waals surface area contributed by atoms with Crippen molar-refractivity contribution >= 4 is 17.9 Å². The van der Waals surface area contributed by atoms with Gasteiger partial charge in [0, 0.05) is 19.3 Å². The van der Waals surface area contributed by atoms with Gasteiger partial charge < -0.3 is 20.1 Å². The molecule has 0 aliphatic rings. The summed E-state index contributed by atoms with van der Waals surface area (Å²) in [6.45, 7) is 7.92. The van der Waals surface area contributed by atoms with Gasteiger partial charge in [-0.2, -0.15) is 0 Å².